The highest BCUT2D eigenvalue weighted by Crippen LogP contribution is 2.39. The van der Waals surface area contributed by atoms with E-state index >= 15 is 0 Å². The number of thioether (sulfide) groups is 1. The minimum absolute atomic E-state index is 0.0245. The molecule has 2 aromatic rings. The standard InChI is InChI=1S/C24H32N4O4S3/c1-3-32-22(31)19-16-11-7-8-12-17(16)34-21(19)26-20(30)14(2)33-24-28-27-23(35-24)25-18(29)13-15-9-5-4-6-10-15/h14-15H,3-13H2,1-2H3,(H,26,30)(H,25,27,29). The van der Waals surface area contributed by atoms with Crippen LogP contribution in [0, 0.1) is 5.92 Å². The molecule has 0 aliphatic heterocycles. The lowest BCUT2D eigenvalue weighted by Crippen LogP contribution is -2.23. The number of aromatic nitrogens is 2. The first-order chi connectivity index (χ1) is 16.9. The molecule has 35 heavy (non-hydrogen) atoms. The zero-order chi connectivity index (χ0) is 24.8. The molecular formula is C24H32N4O4S3. The molecule has 0 spiro atoms. The van der Waals surface area contributed by atoms with Gasteiger partial charge in [-0.05, 0) is 63.9 Å². The van der Waals surface area contributed by atoms with Crippen LogP contribution in [-0.2, 0) is 27.2 Å². The number of esters is 1. The van der Waals surface area contributed by atoms with Gasteiger partial charge in [0, 0.05) is 11.3 Å². The van der Waals surface area contributed by atoms with Crippen molar-refractivity contribution in [3.8, 4) is 0 Å². The van der Waals surface area contributed by atoms with Gasteiger partial charge in [0.05, 0.1) is 17.4 Å². The molecule has 190 valence electrons. The Kier molecular flexibility index (Phi) is 9.18. The molecule has 1 atom stereocenters. The van der Waals surface area contributed by atoms with Gasteiger partial charge in [-0.25, -0.2) is 4.79 Å². The van der Waals surface area contributed by atoms with Crippen molar-refractivity contribution in [3.63, 3.8) is 0 Å². The van der Waals surface area contributed by atoms with Gasteiger partial charge in [-0.2, -0.15) is 0 Å². The van der Waals surface area contributed by atoms with Crippen LogP contribution in [0.2, 0.25) is 0 Å². The van der Waals surface area contributed by atoms with Gasteiger partial charge in [0.15, 0.2) is 4.34 Å². The van der Waals surface area contributed by atoms with Crippen LogP contribution in [0.3, 0.4) is 0 Å². The molecule has 0 bridgehead atoms. The molecule has 0 aromatic carbocycles. The molecule has 1 fully saturated rings. The van der Waals surface area contributed by atoms with Gasteiger partial charge in [0.25, 0.3) is 0 Å². The molecule has 2 aliphatic carbocycles. The van der Waals surface area contributed by atoms with Crippen LogP contribution in [0.25, 0.3) is 0 Å². The quantitative estimate of drug-likeness (QED) is 0.241. The van der Waals surface area contributed by atoms with E-state index < -0.39 is 5.25 Å². The van der Waals surface area contributed by atoms with E-state index in [1.807, 2.05) is 0 Å². The van der Waals surface area contributed by atoms with Crippen molar-refractivity contribution in [1.29, 1.82) is 0 Å². The number of rotatable bonds is 9. The summed E-state index contributed by atoms with van der Waals surface area (Å²) in [4.78, 5) is 39.1. The molecule has 2 N–H and O–H groups in total. The van der Waals surface area contributed by atoms with Crippen molar-refractivity contribution in [1.82, 2.24) is 10.2 Å². The van der Waals surface area contributed by atoms with Crippen LogP contribution in [0.15, 0.2) is 4.34 Å². The molecule has 1 unspecified atom stereocenters. The fourth-order valence-electron chi connectivity index (χ4n) is 4.62. The third kappa shape index (κ3) is 6.83. The number of carbonyl (C=O) groups excluding carboxylic acids is 3. The highest BCUT2D eigenvalue weighted by Gasteiger charge is 2.28. The molecule has 2 aliphatic rings. The number of carbonyl (C=O) groups is 3. The van der Waals surface area contributed by atoms with Gasteiger partial charge < -0.3 is 15.4 Å². The highest BCUT2D eigenvalue weighted by molar-refractivity contribution is 8.02. The Morgan fingerprint density at radius 1 is 1.06 bits per heavy atom. The zero-order valence-corrected chi connectivity index (χ0v) is 22.6. The van der Waals surface area contributed by atoms with E-state index in [4.69, 9.17) is 4.74 Å². The van der Waals surface area contributed by atoms with Crippen molar-refractivity contribution in [3.05, 3.63) is 16.0 Å². The van der Waals surface area contributed by atoms with E-state index in [-0.39, 0.29) is 17.8 Å². The lowest BCUT2D eigenvalue weighted by atomic mass is 9.87. The number of amides is 2. The van der Waals surface area contributed by atoms with E-state index in [2.05, 4.69) is 20.8 Å². The number of hydrogen-bond acceptors (Lipinski definition) is 9. The summed E-state index contributed by atoms with van der Waals surface area (Å²) in [5.41, 5.74) is 1.53. The number of ether oxygens (including phenoxy) is 1. The molecule has 8 nitrogen and oxygen atoms in total. The Labute approximate surface area is 218 Å². The van der Waals surface area contributed by atoms with Gasteiger partial charge in [-0.3, -0.25) is 9.59 Å². The Bertz CT molecular complexity index is 1060. The van der Waals surface area contributed by atoms with Crippen molar-refractivity contribution >= 4 is 62.4 Å². The van der Waals surface area contributed by atoms with Gasteiger partial charge in [-0.1, -0.05) is 42.4 Å². The summed E-state index contributed by atoms with van der Waals surface area (Å²) < 4.78 is 5.88. The Balaban J connectivity index is 1.34. The van der Waals surface area contributed by atoms with Crippen LogP contribution < -0.4 is 10.6 Å². The summed E-state index contributed by atoms with van der Waals surface area (Å²) in [6.45, 7) is 3.86. The number of fused-ring (bicyclic) bond motifs is 1. The molecule has 11 heteroatoms. The van der Waals surface area contributed by atoms with Gasteiger partial charge in [-0.15, -0.1) is 21.5 Å². The summed E-state index contributed by atoms with van der Waals surface area (Å²) in [6, 6.07) is 0. The van der Waals surface area contributed by atoms with Crippen LogP contribution in [0.1, 0.15) is 86.0 Å². The first-order valence-electron chi connectivity index (χ1n) is 12.4. The fourth-order valence-corrected chi connectivity index (χ4v) is 7.82. The summed E-state index contributed by atoms with van der Waals surface area (Å²) in [6.07, 6.45) is 10.3. The van der Waals surface area contributed by atoms with E-state index in [0.29, 0.717) is 39.0 Å². The van der Waals surface area contributed by atoms with E-state index in [9.17, 15) is 14.4 Å². The number of nitrogens with one attached hydrogen (secondary N) is 2. The molecular weight excluding hydrogens is 504 g/mol. The number of hydrogen-bond donors (Lipinski definition) is 2. The monoisotopic (exact) mass is 536 g/mol. The third-order valence-electron chi connectivity index (χ3n) is 6.39. The van der Waals surface area contributed by atoms with Crippen LogP contribution >= 0.6 is 34.4 Å². The minimum Gasteiger partial charge on any atom is -0.462 e. The minimum atomic E-state index is -0.456. The van der Waals surface area contributed by atoms with Crippen LogP contribution in [0.4, 0.5) is 10.1 Å². The fraction of sp³-hybridized carbons (Fsp3) is 0.625. The summed E-state index contributed by atoms with van der Waals surface area (Å²) in [7, 11) is 0. The van der Waals surface area contributed by atoms with Gasteiger partial charge in [0.1, 0.15) is 5.00 Å². The largest absolute Gasteiger partial charge is 0.462 e. The normalized spacial score (nSPS) is 16.9. The predicted molar refractivity (Wildman–Crippen MR) is 141 cm³/mol. The van der Waals surface area contributed by atoms with Crippen molar-refractivity contribution in [2.24, 2.45) is 5.92 Å². The van der Waals surface area contributed by atoms with Crippen molar-refractivity contribution < 1.29 is 19.1 Å². The molecule has 2 heterocycles. The Morgan fingerprint density at radius 2 is 1.83 bits per heavy atom. The average molecular weight is 537 g/mol. The maximum Gasteiger partial charge on any atom is 0.341 e. The lowest BCUT2D eigenvalue weighted by molar-refractivity contribution is -0.117. The van der Waals surface area contributed by atoms with Crippen LogP contribution in [-0.4, -0.2) is 39.8 Å². The predicted octanol–water partition coefficient (Wildman–Crippen LogP) is 5.68. The molecule has 2 amide bonds. The topological polar surface area (TPSA) is 110 Å². The maximum atomic E-state index is 13.0. The van der Waals surface area contributed by atoms with Crippen LogP contribution in [0.5, 0.6) is 0 Å². The van der Waals surface area contributed by atoms with E-state index in [0.717, 1.165) is 49.0 Å². The first-order valence-corrected chi connectivity index (χ1v) is 14.9. The molecule has 4 rings (SSSR count). The number of anilines is 2. The smallest absolute Gasteiger partial charge is 0.341 e. The average Bonchev–Trinajstić information content (AvgIpc) is 3.43. The summed E-state index contributed by atoms with van der Waals surface area (Å²) in [5, 5.41) is 14.6. The summed E-state index contributed by atoms with van der Waals surface area (Å²) in [5.74, 6) is -0.155. The molecule has 1 saturated carbocycles. The SMILES string of the molecule is CCOC(=O)c1c(NC(=O)C(C)Sc2nnc(NC(=O)CC3CCCCC3)s2)sc2c1CCCC2. The zero-order valence-electron chi connectivity index (χ0n) is 20.2. The second-order valence-electron chi connectivity index (χ2n) is 9.01. The second kappa shape index (κ2) is 12.3. The molecule has 2 aromatic heterocycles. The second-order valence-corrected chi connectivity index (χ2v) is 12.7. The number of aryl methyl sites for hydroxylation is 1. The Hall–Kier alpha value is -1.98. The molecule has 0 radical (unpaired) electrons. The van der Waals surface area contributed by atoms with E-state index in [1.54, 1.807) is 13.8 Å². The van der Waals surface area contributed by atoms with Gasteiger partial charge >= 0.3 is 5.97 Å². The number of thiophene rings is 1. The van der Waals surface area contributed by atoms with Crippen molar-refractivity contribution in [2.75, 3.05) is 17.2 Å². The molecule has 0 saturated heterocycles. The Morgan fingerprint density at radius 3 is 2.60 bits per heavy atom. The highest BCUT2D eigenvalue weighted by atomic mass is 32.2. The van der Waals surface area contributed by atoms with Gasteiger partial charge in [0.2, 0.25) is 16.9 Å². The first kappa shape index (κ1) is 26.1. The lowest BCUT2D eigenvalue weighted by Gasteiger charge is -2.20. The summed E-state index contributed by atoms with van der Waals surface area (Å²) >= 11 is 4.03. The van der Waals surface area contributed by atoms with E-state index in [1.165, 1.54) is 53.7 Å². The number of nitrogens with zero attached hydrogens (tertiary/aromatic N) is 2. The maximum absolute atomic E-state index is 13.0. The third-order valence-corrected chi connectivity index (χ3v) is 9.62. The van der Waals surface area contributed by atoms with Crippen molar-refractivity contribution in [2.45, 2.75) is 87.6 Å².